The number of aromatic hydroxyl groups is 1. The fraction of sp³-hybridized carbons (Fsp3) is 0.373. The number of phenolic OH excluding ortho intramolecular Hbond substituents is 1. The van der Waals surface area contributed by atoms with Gasteiger partial charge in [-0.3, -0.25) is 67.5 Å². The molecule has 0 radical (unpaired) electrons. The maximum absolute atomic E-state index is 14.6. The van der Waals surface area contributed by atoms with Gasteiger partial charge in [-0.25, -0.2) is 0 Å². The summed E-state index contributed by atoms with van der Waals surface area (Å²) in [5, 5.41) is 39.1. The van der Waals surface area contributed by atoms with Crippen LogP contribution in [-0.4, -0.2) is 176 Å². The number of aliphatic imine (C=N–C) groups is 1. The number of hydrogen-bond acceptors (Lipinski definition) is 17. The molecule has 4 heterocycles. The van der Waals surface area contributed by atoms with E-state index in [1.54, 1.807) is 76.7 Å². The first-order valence-corrected chi connectivity index (χ1v) is 31.6. The van der Waals surface area contributed by atoms with Gasteiger partial charge < -0.3 is 66.5 Å². The smallest absolute Gasteiger partial charge is 0.317 e. The minimum atomic E-state index is -1.51. The molecule has 27 nitrogen and oxygen atoms in total. The maximum Gasteiger partial charge on any atom is 0.317 e. The number of carboxylic acid groups (broad SMARTS) is 1. The third-order valence-electron chi connectivity index (χ3n) is 16.9. The molecule has 4 aliphatic heterocycles. The first kappa shape index (κ1) is 67.6. The standard InChI is InChI=1S/C67H72ClN11O16/c1-37-9-8-12-44-51(80)27-49-63(62(37)44)41(28-68)35-77(49)58(84)13-6-7-20-94-53-26-46-45(25-52(53)93-2)67(92)78-43(29-70-46)23-40-16-17-42(24-48(40)78)75-66(91)54(22-39-14-15-39)95-36-74-56(82)32-72-64(89)47(21-38-10-4-3-5-11-38)76-57(83)33-71-55(81)31-73-65(90)50(30-69-34-61(87)88)79-59(85)18-19-60(79)86/h3-5,8-12,16-19,24-27,29,39,41,43,47,50,54,69,80H,6-7,13-15,20-23,28,30-36H2,1-2H3,(H,71,81)(H,72,89)(H,73,90)(H,74,82)(H,75,91)(H,76,83)(H,87,88)/t41?,43-,47-,50?,54?/m0/s1. The van der Waals surface area contributed by atoms with E-state index in [9.17, 15) is 57.8 Å². The van der Waals surface area contributed by atoms with Gasteiger partial charge in [-0.15, -0.1) is 11.6 Å². The van der Waals surface area contributed by atoms with Crippen LogP contribution in [0.2, 0.25) is 0 Å². The number of benzene rings is 5. The third-order valence-corrected chi connectivity index (χ3v) is 17.3. The molecule has 0 saturated heterocycles. The summed E-state index contributed by atoms with van der Waals surface area (Å²) in [7, 11) is 1.47. The highest BCUT2D eigenvalue weighted by atomic mass is 35.5. The molecule has 1 saturated carbocycles. The lowest BCUT2D eigenvalue weighted by Gasteiger charge is -2.25. The molecule has 5 aromatic carbocycles. The van der Waals surface area contributed by atoms with Crippen molar-refractivity contribution < 1.29 is 77.2 Å². The number of alkyl halides is 1. The Labute approximate surface area is 550 Å². The summed E-state index contributed by atoms with van der Waals surface area (Å²) in [6, 6.07) is 21.4. The van der Waals surface area contributed by atoms with Gasteiger partial charge in [0.25, 0.3) is 23.6 Å². The zero-order chi connectivity index (χ0) is 67.4. The van der Waals surface area contributed by atoms with Gasteiger partial charge in [0.1, 0.15) is 30.7 Å². The molecule has 9 N–H and O–H groups in total. The number of carbonyl (C=O) groups is 11. The normalized spacial score (nSPS) is 16.8. The third kappa shape index (κ3) is 16.4. The number of nitrogens with one attached hydrogen (secondary N) is 7. The van der Waals surface area contributed by atoms with Gasteiger partial charge in [0.05, 0.1) is 68.6 Å². The Kier molecular flexibility index (Phi) is 21.8. The monoisotopic (exact) mass is 1320 g/mol. The Balaban J connectivity index is 0.686. The molecule has 28 heteroatoms. The van der Waals surface area contributed by atoms with Crippen molar-refractivity contribution >= 4 is 116 Å². The van der Waals surface area contributed by atoms with E-state index in [0.717, 1.165) is 52.5 Å². The number of methoxy groups -OCH3 is 1. The number of aliphatic carboxylic acids is 1. The fourth-order valence-electron chi connectivity index (χ4n) is 11.9. The zero-order valence-electron chi connectivity index (χ0n) is 52.1. The SMILES string of the molecule is COc1cc2c(cc1OCCCCC(=O)N1CC(CCl)c3c1cc(O)c1cccc(C)c31)N=C[C@@H]1Cc3ccc(NC(=O)C(CC4CC4)OCNC(=O)CNC(=O)[C@H](Cc4ccccc4)NC(=O)CNC(=O)CNC(=O)C(CNCC(=O)O)N4C(=O)C=CC4=O)cc3N1C2=O. The van der Waals surface area contributed by atoms with Gasteiger partial charge in [0.15, 0.2) is 11.5 Å². The highest BCUT2D eigenvalue weighted by Gasteiger charge is 2.40. The van der Waals surface area contributed by atoms with Crippen LogP contribution in [0.15, 0.2) is 102 Å². The number of carbonyl (C=O) groups excluding carboxylic acids is 10. The van der Waals surface area contributed by atoms with Gasteiger partial charge in [0, 0.05) is 85.7 Å². The first-order valence-electron chi connectivity index (χ1n) is 31.1. The number of anilines is 3. The van der Waals surface area contributed by atoms with E-state index in [1.807, 2.05) is 31.2 Å². The second-order valence-corrected chi connectivity index (χ2v) is 23.9. The maximum atomic E-state index is 14.6. The Morgan fingerprint density at radius 3 is 2.24 bits per heavy atom. The topological polar surface area (TPSA) is 362 Å². The number of hydrogen-bond donors (Lipinski definition) is 9. The van der Waals surface area contributed by atoms with E-state index < -0.39 is 117 Å². The second kappa shape index (κ2) is 30.7. The van der Waals surface area contributed by atoms with Crippen LogP contribution in [0, 0.1) is 12.8 Å². The van der Waals surface area contributed by atoms with Crippen molar-refractivity contribution in [3.8, 4) is 17.2 Å². The van der Waals surface area contributed by atoms with E-state index in [4.69, 9.17) is 35.9 Å². The second-order valence-electron chi connectivity index (χ2n) is 23.6. The van der Waals surface area contributed by atoms with Crippen LogP contribution >= 0.6 is 11.6 Å². The molecule has 0 aromatic heterocycles. The van der Waals surface area contributed by atoms with Crippen LogP contribution in [-0.2, 0) is 65.5 Å². The van der Waals surface area contributed by atoms with Crippen molar-refractivity contribution in [3.05, 3.63) is 125 Å². The number of imide groups is 1. The van der Waals surface area contributed by atoms with Crippen molar-refractivity contribution in [2.75, 3.05) is 80.7 Å². The molecule has 0 spiro atoms. The molecule has 5 aliphatic rings. The summed E-state index contributed by atoms with van der Waals surface area (Å²) >= 11 is 6.45. The average Bonchev–Trinajstić information content (AvgIpc) is 1.69. The number of phenols is 1. The summed E-state index contributed by atoms with van der Waals surface area (Å²) in [4.78, 5) is 152. The van der Waals surface area contributed by atoms with Gasteiger partial charge >= 0.3 is 5.97 Å². The number of ether oxygens (including phenoxy) is 3. The molecule has 10 amide bonds. The van der Waals surface area contributed by atoms with Gasteiger partial charge in [-0.2, -0.15) is 0 Å². The lowest BCUT2D eigenvalue weighted by Crippen LogP contribution is -2.56. The van der Waals surface area contributed by atoms with Crippen molar-refractivity contribution in [2.45, 2.75) is 88.4 Å². The summed E-state index contributed by atoms with van der Waals surface area (Å²) in [6.45, 7) is -0.689. The molecule has 95 heavy (non-hydrogen) atoms. The lowest BCUT2D eigenvalue weighted by molar-refractivity contribution is -0.145. The van der Waals surface area contributed by atoms with E-state index in [2.05, 4.69) is 37.2 Å². The lowest BCUT2D eigenvalue weighted by atomic mass is 9.92. The Morgan fingerprint density at radius 2 is 1.52 bits per heavy atom. The van der Waals surface area contributed by atoms with Crippen LogP contribution < -0.4 is 56.5 Å². The van der Waals surface area contributed by atoms with Gasteiger partial charge in [0.2, 0.25) is 35.4 Å². The number of fused-ring (bicyclic) bond motifs is 7. The van der Waals surface area contributed by atoms with E-state index in [-0.39, 0.29) is 54.4 Å². The van der Waals surface area contributed by atoms with Crippen molar-refractivity contribution in [3.63, 3.8) is 0 Å². The van der Waals surface area contributed by atoms with Crippen molar-refractivity contribution in [1.82, 2.24) is 36.8 Å². The highest BCUT2D eigenvalue weighted by Crippen LogP contribution is 2.47. The van der Waals surface area contributed by atoms with E-state index in [1.165, 1.54) is 7.11 Å². The van der Waals surface area contributed by atoms with E-state index in [0.29, 0.717) is 82.8 Å². The molecule has 1 fully saturated rings. The fourth-order valence-corrected chi connectivity index (χ4v) is 12.2. The van der Waals surface area contributed by atoms with Crippen LogP contribution in [0.3, 0.4) is 0 Å². The number of nitrogens with zero attached hydrogens (tertiary/aromatic N) is 4. The molecule has 0 bridgehead atoms. The molecule has 3 unspecified atom stereocenters. The molecule has 1 aliphatic carbocycles. The van der Waals surface area contributed by atoms with E-state index >= 15 is 0 Å². The largest absolute Gasteiger partial charge is 0.507 e. The minimum Gasteiger partial charge on any atom is -0.507 e. The van der Waals surface area contributed by atoms with Crippen LogP contribution in [0.4, 0.5) is 22.7 Å². The zero-order valence-corrected chi connectivity index (χ0v) is 52.8. The number of amides is 10. The van der Waals surface area contributed by atoms with Crippen molar-refractivity contribution in [1.29, 1.82) is 0 Å². The number of unbranched alkanes of at least 4 members (excludes halogenated alkanes) is 1. The predicted octanol–water partition coefficient (Wildman–Crippen LogP) is 3.31. The number of aryl methyl sites for hydroxylation is 1. The highest BCUT2D eigenvalue weighted by molar-refractivity contribution is 6.19. The van der Waals surface area contributed by atoms with Crippen LogP contribution in [0.25, 0.3) is 10.8 Å². The summed E-state index contributed by atoms with van der Waals surface area (Å²) in [6.07, 6.45) is 6.44. The summed E-state index contributed by atoms with van der Waals surface area (Å²) in [5.74, 6) is -6.61. The van der Waals surface area contributed by atoms with Gasteiger partial charge in [-0.05, 0) is 77.9 Å². The molecular weight excluding hydrogens is 1250 g/mol. The first-order chi connectivity index (χ1) is 45.8. The number of carboxylic acids is 1. The Morgan fingerprint density at radius 1 is 0.779 bits per heavy atom. The number of rotatable bonds is 31. The summed E-state index contributed by atoms with van der Waals surface area (Å²) in [5.41, 5.74) is 5.76. The number of halogens is 1. The van der Waals surface area contributed by atoms with Crippen molar-refractivity contribution in [2.24, 2.45) is 10.9 Å². The summed E-state index contributed by atoms with van der Waals surface area (Å²) < 4.78 is 17.9. The predicted molar refractivity (Wildman–Crippen MR) is 348 cm³/mol. The molecule has 5 aromatic rings. The average molecular weight is 1320 g/mol. The van der Waals surface area contributed by atoms with Gasteiger partial charge in [-0.1, -0.05) is 67.4 Å². The molecular formula is C67H72ClN11O16. The van der Waals surface area contributed by atoms with Crippen LogP contribution in [0.5, 0.6) is 17.2 Å². The molecule has 5 atom stereocenters. The Hall–Kier alpha value is -10.2. The quantitative estimate of drug-likeness (QED) is 0.0133. The Bertz CT molecular complexity index is 3900. The molecule has 498 valence electrons. The minimum absolute atomic E-state index is 0.0197. The van der Waals surface area contributed by atoms with Crippen LogP contribution in [0.1, 0.15) is 77.1 Å². The molecule has 10 rings (SSSR count).